The SMILES string of the molecule is CSCCC(NC(=O)c1ccccc1Cl)C(=O)NCc1ccc(-n2ccnc2C)c(F)c1. The summed E-state index contributed by atoms with van der Waals surface area (Å²) < 4.78 is 16.3. The van der Waals surface area contributed by atoms with Gasteiger partial charge in [0.05, 0.1) is 16.3 Å². The lowest BCUT2D eigenvalue weighted by atomic mass is 10.1. The van der Waals surface area contributed by atoms with Gasteiger partial charge >= 0.3 is 0 Å². The molecule has 1 heterocycles. The van der Waals surface area contributed by atoms with Crippen LogP contribution in [0.1, 0.15) is 28.2 Å². The van der Waals surface area contributed by atoms with E-state index in [4.69, 9.17) is 11.6 Å². The fourth-order valence-corrected chi connectivity index (χ4v) is 3.88. The van der Waals surface area contributed by atoms with Crippen LogP contribution in [0.3, 0.4) is 0 Å². The second-order valence-electron chi connectivity index (χ2n) is 7.14. The van der Waals surface area contributed by atoms with Gasteiger partial charge in [-0.15, -0.1) is 0 Å². The van der Waals surface area contributed by atoms with E-state index in [1.807, 2.05) is 6.26 Å². The zero-order valence-corrected chi connectivity index (χ0v) is 19.3. The molecule has 0 fully saturated rings. The molecule has 9 heteroatoms. The molecule has 1 aromatic heterocycles. The van der Waals surface area contributed by atoms with Crippen LogP contribution in [0.5, 0.6) is 0 Å². The van der Waals surface area contributed by atoms with Crippen LogP contribution in [-0.4, -0.2) is 39.4 Å². The van der Waals surface area contributed by atoms with E-state index in [9.17, 15) is 14.0 Å². The highest BCUT2D eigenvalue weighted by molar-refractivity contribution is 7.98. The topological polar surface area (TPSA) is 76.0 Å². The van der Waals surface area contributed by atoms with Gasteiger partial charge in [-0.05, 0) is 55.2 Å². The number of hydrogen-bond donors (Lipinski definition) is 2. The van der Waals surface area contributed by atoms with Crippen LogP contribution >= 0.6 is 23.4 Å². The first-order valence-electron chi connectivity index (χ1n) is 10.0. The normalized spacial score (nSPS) is 11.8. The number of nitrogens with zero attached hydrogens (tertiary/aromatic N) is 2. The Bertz CT molecular complexity index is 1110. The van der Waals surface area contributed by atoms with Crippen LogP contribution in [-0.2, 0) is 11.3 Å². The van der Waals surface area contributed by atoms with Crippen molar-refractivity contribution in [2.45, 2.75) is 25.9 Å². The average Bonchev–Trinajstić information content (AvgIpc) is 3.20. The Morgan fingerprint density at radius 2 is 2.03 bits per heavy atom. The number of halogens is 2. The molecular weight excluding hydrogens is 451 g/mol. The van der Waals surface area contributed by atoms with Crippen LogP contribution in [0.2, 0.25) is 5.02 Å². The van der Waals surface area contributed by atoms with Crippen LogP contribution in [0.4, 0.5) is 4.39 Å². The highest BCUT2D eigenvalue weighted by Gasteiger charge is 2.22. The number of nitrogens with one attached hydrogen (secondary N) is 2. The predicted octanol–water partition coefficient (Wildman–Crippen LogP) is 4.14. The van der Waals surface area contributed by atoms with Gasteiger partial charge in [-0.25, -0.2) is 9.37 Å². The van der Waals surface area contributed by atoms with Crippen molar-refractivity contribution < 1.29 is 14.0 Å². The van der Waals surface area contributed by atoms with E-state index < -0.39 is 17.8 Å². The summed E-state index contributed by atoms with van der Waals surface area (Å²) in [6.07, 6.45) is 5.68. The Hall–Kier alpha value is -2.84. The largest absolute Gasteiger partial charge is 0.350 e. The van der Waals surface area contributed by atoms with Crippen molar-refractivity contribution in [1.82, 2.24) is 20.2 Å². The number of carbonyl (C=O) groups is 2. The van der Waals surface area contributed by atoms with Crippen molar-refractivity contribution in [1.29, 1.82) is 0 Å². The Kier molecular flexibility index (Phi) is 8.30. The van der Waals surface area contributed by atoms with E-state index >= 15 is 0 Å². The highest BCUT2D eigenvalue weighted by atomic mass is 35.5. The van der Waals surface area contributed by atoms with E-state index in [1.165, 1.54) is 6.07 Å². The number of amides is 2. The number of rotatable bonds is 9. The first-order chi connectivity index (χ1) is 15.4. The van der Waals surface area contributed by atoms with Crippen LogP contribution in [0.25, 0.3) is 5.69 Å². The van der Waals surface area contributed by atoms with E-state index in [1.54, 1.807) is 72.0 Å². The summed E-state index contributed by atoms with van der Waals surface area (Å²) in [6, 6.07) is 10.7. The molecule has 0 saturated heterocycles. The fourth-order valence-electron chi connectivity index (χ4n) is 3.19. The Balaban J connectivity index is 1.66. The number of aromatic nitrogens is 2. The van der Waals surface area contributed by atoms with Gasteiger partial charge < -0.3 is 15.2 Å². The van der Waals surface area contributed by atoms with Crippen molar-refractivity contribution in [2.24, 2.45) is 0 Å². The summed E-state index contributed by atoms with van der Waals surface area (Å²) in [5, 5.41) is 5.86. The smallest absolute Gasteiger partial charge is 0.253 e. The zero-order chi connectivity index (χ0) is 23.1. The number of carbonyl (C=O) groups excluding carboxylic acids is 2. The second-order valence-corrected chi connectivity index (χ2v) is 8.53. The second kappa shape index (κ2) is 11.2. The Labute approximate surface area is 195 Å². The lowest BCUT2D eigenvalue weighted by Crippen LogP contribution is -2.47. The van der Waals surface area contributed by atoms with E-state index in [0.29, 0.717) is 39.8 Å². The van der Waals surface area contributed by atoms with Gasteiger partial charge in [-0.1, -0.05) is 29.8 Å². The van der Waals surface area contributed by atoms with Crippen molar-refractivity contribution in [3.05, 3.63) is 82.6 Å². The molecule has 0 bridgehead atoms. The number of thioether (sulfide) groups is 1. The maximum absolute atomic E-state index is 14.6. The molecule has 0 radical (unpaired) electrons. The zero-order valence-electron chi connectivity index (χ0n) is 17.8. The molecule has 6 nitrogen and oxygen atoms in total. The molecule has 1 atom stereocenters. The quantitative estimate of drug-likeness (QED) is 0.488. The molecule has 2 aromatic carbocycles. The molecule has 0 aliphatic heterocycles. The molecule has 168 valence electrons. The van der Waals surface area contributed by atoms with Gasteiger partial charge in [0.25, 0.3) is 5.91 Å². The third kappa shape index (κ3) is 5.89. The van der Waals surface area contributed by atoms with E-state index in [2.05, 4.69) is 15.6 Å². The molecule has 3 aromatic rings. The number of aryl methyl sites for hydroxylation is 1. The standard InChI is InChI=1S/C23H24ClFN4O2S/c1-15-26-10-11-29(15)21-8-7-16(13-19(21)25)14-27-23(31)20(9-12-32-2)28-22(30)17-5-3-4-6-18(17)24/h3-8,10-11,13,20H,9,12,14H2,1-2H3,(H,27,31)(H,28,30). The van der Waals surface area contributed by atoms with Crippen LogP contribution in [0, 0.1) is 12.7 Å². The summed E-state index contributed by atoms with van der Waals surface area (Å²) in [7, 11) is 0. The molecule has 0 aliphatic carbocycles. The summed E-state index contributed by atoms with van der Waals surface area (Å²) >= 11 is 7.67. The third-order valence-corrected chi connectivity index (χ3v) is 5.89. The van der Waals surface area contributed by atoms with Crippen molar-refractivity contribution in [3.8, 4) is 5.69 Å². The highest BCUT2D eigenvalue weighted by Crippen LogP contribution is 2.17. The molecule has 2 N–H and O–H groups in total. The third-order valence-electron chi connectivity index (χ3n) is 4.92. The number of benzene rings is 2. The van der Waals surface area contributed by atoms with Gasteiger partial charge in [0, 0.05) is 18.9 Å². The summed E-state index contributed by atoms with van der Waals surface area (Å²) in [4.78, 5) is 29.5. The van der Waals surface area contributed by atoms with Gasteiger partial charge in [0.15, 0.2) is 0 Å². The van der Waals surface area contributed by atoms with Crippen molar-refractivity contribution >= 4 is 35.2 Å². The van der Waals surface area contributed by atoms with Crippen LogP contribution < -0.4 is 10.6 Å². The minimum Gasteiger partial charge on any atom is -0.350 e. The van der Waals surface area contributed by atoms with Crippen molar-refractivity contribution in [3.63, 3.8) is 0 Å². The van der Waals surface area contributed by atoms with Gasteiger partial charge in [0.1, 0.15) is 17.7 Å². The maximum Gasteiger partial charge on any atom is 0.253 e. The van der Waals surface area contributed by atoms with Gasteiger partial charge in [-0.3, -0.25) is 9.59 Å². The van der Waals surface area contributed by atoms with Crippen LogP contribution in [0.15, 0.2) is 54.9 Å². The van der Waals surface area contributed by atoms with Crippen molar-refractivity contribution in [2.75, 3.05) is 12.0 Å². The molecule has 2 amide bonds. The Morgan fingerprint density at radius 3 is 2.69 bits per heavy atom. The summed E-state index contributed by atoms with van der Waals surface area (Å²) in [5.41, 5.74) is 1.31. The molecular formula is C23H24ClFN4O2S. The van der Waals surface area contributed by atoms with E-state index in [0.717, 1.165) is 0 Å². The van der Waals surface area contributed by atoms with Gasteiger partial charge in [-0.2, -0.15) is 11.8 Å². The predicted molar refractivity (Wildman–Crippen MR) is 126 cm³/mol. The number of hydrogen-bond acceptors (Lipinski definition) is 4. The van der Waals surface area contributed by atoms with E-state index in [-0.39, 0.29) is 12.5 Å². The lowest BCUT2D eigenvalue weighted by molar-refractivity contribution is -0.123. The minimum absolute atomic E-state index is 0.136. The number of imidazole rings is 1. The van der Waals surface area contributed by atoms with Gasteiger partial charge in [0.2, 0.25) is 5.91 Å². The molecule has 0 aliphatic rings. The maximum atomic E-state index is 14.6. The molecule has 0 spiro atoms. The molecule has 32 heavy (non-hydrogen) atoms. The molecule has 1 unspecified atom stereocenters. The first kappa shape index (κ1) is 23.8. The molecule has 3 rings (SSSR count). The minimum atomic E-state index is -0.732. The Morgan fingerprint density at radius 1 is 1.25 bits per heavy atom. The average molecular weight is 475 g/mol. The first-order valence-corrected chi connectivity index (χ1v) is 11.8. The molecule has 0 saturated carbocycles. The summed E-state index contributed by atoms with van der Waals surface area (Å²) in [6.45, 7) is 1.93. The lowest BCUT2D eigenvalue weighted by Gasteiger charge is -2.19. The summed E-state index contributed by atoms with van der Waals surface area (Å²) in [5.74, 6) is 0.200. The monoisotopic (exact) mass is 474 g/mol. The fraction of sp³-hybridized carbons (Fsp3) is 0.261.